The average Bonchev–Trinajstić information content (AvgIpc) is 2.25. The first-order valence-corrected chi connectivity index (χ1v) is 5.43. The van der Waals surface area contributed by atoms with Gasteiger partial charge >= 0.3 is 12.3 Å². The molecule has 0 heterocycles. The number of nitrogens with two attached hydrogens (primary N) is 1. The van der Waals surface area contributed by atoms with Crippen molar-refractivity contribution in [2.24, 2.45) is 5.73 Å². The third-order valence-electron chi connectivity index (χ3n) is 1.92. The minimum absolute atomic E-state index is 0.0696. The van der Waals surface area contributed by atoms with Crippen molar-refractivity contribution < 1.29 is 22.3 Å². The predicted molar refractivity (Wildman–Crippen MR) is 58.5 cm³/mol. The summed E-state index contributed by atoms with van der Waals surface area (Å²) in [6, 6.07) is 4.51. The number of hydrogen-bond donors (Lipinski definition) is 1. The summed E-state index contributed by atoms with van der Waals surface area (Å²) < 4.78 is 54.2. The Morgan fingerprint density at radius 1 is 1.29 bits per heavy atom. The van der Waals surface area contributed by atoms with Gasteiger partial charge in [0.1, 0.15) is 5.75 Å². The van der Waals surface area contributed by atoms with Crippen LogP contribution in [0, 0.1) is 0 Å². The molecule has 0 radical (unpaired) electrons. The van der Waals surface area contributed by atoms with Crippen LogP contribution in [0.4, 0.5) is 17.6 Å². The molecule has 17 heavy (non-hydrogen) atoms. The second kappa shape index (κ2) is 5.68. The van der Waals surface area contributed by atoms with Crippen molar-refractivity contribution in [3.63, 3.8) is 0 Å². The van der Waals surface area contributed by atoms with Crippen LogP contribution in [0.2, 0.25) is 0 Å². The molecule has 0 unspecified atom stereocenters. The maximum atomic E-state index is 12.6. The second-order valence-electron chi connectivity index (χ2n) is 3.35. The van der Waals surface area contributed by atoms with Gasteiger partial charge in [0.25, 0.3) is 0 Å². The highest BCUT2D eigenvalue weighted by Crippen LogP contribution is 2.26. The van der Waals surface area contributed by atoms with Gasteiger partial charge in [0.2, 0.25) is 0 Å². The van der Waals surface area contributed by atoms with Crippen LogP contribution in [-0.4, -0.2) is 19.0 Å². The zero-order valence-corrected chi connectivity index (χ0v) is 10.2. The monoisotopic (exact) mass is 315 g/mol. The van der Waals surface area contributed by atoms with Crippen molar-refractivity contribution in [1.29, 1.82) is 0 Å². The van der Waals surface area contributed by atoms with Crippen LogP contribution in [0.15, 0.2) is 22.7 Å². The van der Waals surface area contributed by atoms with Gasteiger partial charge < -0.3 is 10.5 Å². The van der Waals surface area contributed by atoms with Crippen LogP contribution in [0.25, 0.3) is 0 Å². The lowest BCUT2D eigenvalue weighted by atomic mass is 10.2. The highest BCUT2D eigenvalue weighted by molar-refractivity contribution is 9.10. The summed E-state index contributed by atoms with van der Waals surface area (Å²) in [4.78, 5) is 0. The summed E-state index contributed by atoms with van der Waals surface area (Å²) in [7, 11) is 0. The SMILES string of the molecule is NCc1cc(Br)cc(OCC(F)(F)C(F)F)c1. The Bertz CT molecular complexity index is 387. The van der Waals surface area contributed by atoms with Gasteiger partial charge in [-0.15, -0.1) is 0 Å². The van der Waals surface area contributed by atoms with Crippen LogP contribution in [0.5, 0.6) is 5.75 Å². The molecule has 96 valence electrons. The smallest absolute Gasteiger partial charge is 0.340 e. The van der Waals surface area contributed by atoms with E-state index in [1.54, 1.807) is 6.07 Å². The Hall–Kier alpha value is -0.820. The molecule has 0 aliphatic rings. The van der Waals surface area contributed by atoms with E-state index in [4.69, 9.17) is 5.73 Å². The van der Waals surface area contributed by atoms with Gasteiger partial charge in [0.05, 0.1) is 0 Å². The number of benzene rings is 1. The molecule has 1 rings (SSSR count). The van der Waals surface area contributed by atoms with Gasteiger partial charge in [-0.1, -0.05) is 15.9 Å². The topological polar surface area (TPSA) is 35.2 Å². The highest BCUT2D eigenvalue weighted by atomic mass is 79.9. The molecule has 0 saturated heterocycles. The first kappa shape index (κ1) is 14.2. The molecular formula is C10H10BrF4NO. The minimum atomic E-state index is -4.16. The molecule has 0 aromatic heterocycles. The molecule has 1 aromatic rings. The van der Waals surface area contributed by atoms with E-state index in [1.807, 2.05) is 0 Å². The molecule has 0 bridgehead atoms. The quantitative estimate of drug-likeness (QED) is 0.847. The van der Waals surface area contributed by atoms with E-state index in [9.17, 15) is 17.6 Å². The molecule has 7 heteroatoms. The molecule has 0 aliphatic heterocycles. The van der Waals surface area contributed by atoms with Crippen molar-refractivity contribution in [1.82, 2.24) is 0 Å². The van der Waals surface area contributed by atoms with Gasteiger partial charge in [-0.05, 0) is 23.8 Å². The number of alkyl halides is 4. The first-order valence-electron chi connectivity index (χ1n) is 4.63. The van der Waals surface area contributed by atoms with Crippen molar-refractivity contribution in [3.05, 3.63) is 28.2 Å². The van der Waals surface area contributed by atoms with E-state index >= 15 is 0 Å². The Labute approximate surface area is 104 Å². The van der Waals surface area contributed by atoms with E-state index in [2.05, 4.69) is 20.7 Å². The Kier molecular flexibility index (Phi) is 4.76. The Morgan fingerprint density at radius 2 is 1.94 bits per heavy atom. The largest absolute Gasteiger partial charge is 0.487 e. The van der Waals surface area contributed by atoms with Crippen LogP contribution < -0.4 is 10.5 Å². The van der Waals surface area contributed by atoms with E-state index in [1.165, 1.54) is 12.1 Å². The first-order chi connectivity index (χ1) is 7.85. The summed E-state index contributed by atoms with van der Waals surface area (Å²) >= 11 is 3.13. The van der Waals surface area contributed by atoms with E-state index < -0.39 is 19.0 Å². The van der Waals surface area contributed by atoms with Crippen LogP contribution in [0.3, 0.4) is 0 Å². The standard InChI is InChI=1S/C10H10BrF4NO/c11-7-1-6(4-16)2-8(3-7)17-5-10(14,15)9(12)13/h1-3,9H,4-5,16H2. The van der Waals surface area contributed by atoms with E-state index in [0.717, 1.165) is 0 Å². The zero-order chi connectivity index (χ0) is 13.1. The van der Waals surface area contributed by atoms with Gasteiger partial charge in [0.15, 0.2) is 6.61 Å². The Balaban J connectivity index is 2.72. The van der Waals surface area contributed by atoms with E-state index in [-0.39, 0.29) is 12.3 Å². The van der Waals surface area contributed by atoms with Gasteiger partial charge in [-0.2, -0.15) is 8.78 Å². The van der Waals surface area contributed by atoms with Crippen LogP contribution >= 0.6 is 15.9 Å². The molecule has 1 aromatic carbocycles. The summed E-state index contributed by atoms with van der Waals surface area (Å²) in [6.07, 6.45) is -3.75. The third-order valence-corrected chi connectivity index (χ3v) is 2.38. The Morgan fingerprint density at radius 3 is 2.47 bits per heavy atom. The summed E-state index contributed by atoms with van der Waals surface area (Å²) in [6.45, 7) is -1.17. The molecule has 0 saturated carbocycles. The predicted octanol–water partition coefficient (Wildman–Crippen LogP) is 3.19. The lowest BCUT2D eigenvalue weighted by molar-refractivity contribution is -0.148. The van der Waals surface area contributed by atoms with Crippen LogP contribution in [-0.2, 0) is 6.54 Å². The minimum Gasteiger partial charge on any atom is -0.487 e. The van der Waals surface area contributed by atoms with Gasteiger partial charge in [-0.25, -0.2) is 8.78 Å². The maximum Gasteiger partial charge on any atom is 0.340 e. The van der Waals surface area contributed by atoms with Crippen molar-refractivity contribution in [2.45, 2.75) is 18.9 Å². The molecule has 0 fully saturated rings. The highest BCUT2D eigenvalue weighted by Gasteiger charge is 2.41. The molecule has 2 nitrogen and oxygen atoms in total. The second-order valence-corrected chi connectivity index (χ2v) is 4.27. The lowest BCUT2D eigenvalue weighted by Gasteiger charge is -2.16. The molecular weight excluding hydrogens is 306 g/mol. The fraction of sp³-hybridized carbons (Fsp3) is 0.400. The van der Waals surface area contributed by atoms with E-state index in [0.29, 0.717) is 10.0 Å². The van der Waals surface area contributed by atoms with Crippen molar-refractivity contribution >= 4 is 15.9 Å². The van der Waals surface area contributed by atoms with Crippen LogP contribution in [0.1, 0.15) is 5.56 Å². The number of rotatable bonds is 5. The maximum absolute atomic E-state index is 12.6. The van der Waals surface area contributed by atoms with Crippen molar-refractivity contribution in [3.8, 4) is 5.75 Å². The summed E-state index contributed by atoms with van der Waals surface area (Å²) in [5.41, 5.74) is 6.02. The van der Waals surface area contributed by atoms with Gasteiger partial charge in [0, 0.05) is 11.0 Å². The zero-order valence-electron chi connectivity index (χ0n) is 8.60. The lowest BCUT2D eigenvalue weighted by Crippen LogP contribution is -2.33. The molecule has 0 spiro atoms. The number of halogens is 5. The summed E-state index contributed by atoms with van der Waals surface area (Å²) in [5, 5.41) is 0. The van der Waals surface area contributed by atoms with Gasteiger partial charge in [-0.3, -0.25) is 0 Å². The number of ether oxygens (including phenoxy) is 1. The average molecular weight is 316 g/mol. The molecule has 0 amide bonds. The number of hydrogen-bond acceptors (Lipinski definition) is 2. The fourth-order valence-electron chi connectivity index (χ4n) is 1.06. The normalized spacial score (nSPS) is 11.9. The molecule has 2 N–H and O–H groups in total. The van der Waals surface area contributed by atoms with Crippen molar-refractivity contribution in [2.75, 3.05) is 6.61 Å². The fourth-order valence-corrected chi connectivity index (χ4v) is 1.58. The molecule has 0 aliphatic carbocycles. The summed E-state index contributed by atoms with van der Waals surface area (Å²) in [5.74, 6) is -4.09. The third kappa shape index (κ3) is 4.16. The molecule has 0 atom stereocenters.